The van der Waals surface area contributed by atoms with Crippen LogP contribution in [0, 0.1) is 11.3 Å². The summed E-state index contributed by atoms with van der Waals surface area (Å²) in [7, 11) is 0. The molecular weight excluding hydrogens is 230 g/mol. The van der Waals surface area contributed by atoms with Crippen molar-refractivity contribution >= 4 is 17.4 Å². The number of anilines is 1. The number of nitrogen functional groups attached to an aromatic ring is 1. The van der Waals surface area contributed by atoms with Crippen LogP contribution in [0.1, 0.15) is 11.3 Å². The van der Waals surface area contributed by atoms with Crippen molar-refractivity contribution in [2.24, 2.45) is 0 Å². The number of hydrogen-bond acceptors (Lipinski definition) is 4. The second kappa shape index (κ2) is 5.37. The largest absolute Gasteiger partial charge is 0.396 e. The minimum absolute atomic E-state index is 0.295. The second-order valence-electron chi connectivity index (χ2n) is 3.47. The lowest BCUT2D eigenvalue weighted by molar-refractivity contribution is 1.10. The van der Waals surface area contributed by atoms with Gasteiger partial charge >= 0.3 is 0 Å². The van der Waals surface area contributed by atoms with E-state index in [0.29, 0.717) is 11.4 Å². The number of aromatic nitrogens is 1. The SMILES string of the molecule is N#Cc1nc(SCc2ccccc2)ccc1N. The molecule has 2 aromatic rings. The van der Waals surface area contributed by atoms with Gasteiger partial charge in [0.15, 0.2) is 5.69 Å². The van der Waals surface area contributed by atoms with Crippen molar-refractivity contribution in [1.82, 2.24) is 4.98 Å². The average Bonchev–Trinajstić information content (AvgIpc) is 2.39. The number of pyridine rings is 1. The minimum atomic E-state index is 0.295. The maximum atomic E-state index is 8.83. The zero-order chi connectivity index (χ0) is 12.1. The smallest absolute Gasteiger partial charge is 0.164 e. The van der Waals surface area contributed by atoms with Gasteiger partial charge in [-0.25, -0.2) is 4.98 Å². The van der Waals surface area contributed by atoms with Crippen molar-refractivity contribution in [2.75, 3.05) is 5.73 Å². The Bertz CT molecular complexity index is 546. The van der Waals surface area contributed by atoms with E-state index in [0.717, 1.165) is 10.8 Å². The molecule has 0 amide bonds. The van der Waals surface area contributed by atoms with Crippen molar-refractivity contribution in [1.29, 1.82) is 5.26 Å². The topological polar surface area (TPSA) is 62.7 Å². The maximum absolute atomic E-state index is 8.83. The van der Waals surface area contributed by atoms with Gasteiger partial charge in [0.2, 0.25) is 0 Å². The first kappa shape index (κ1) is 11.5. The molecule has 0 unspecified atom stereocenters. The van der Waals surface area contributed by atoms with Crippen molar-refractivity contribution in [3.05, 3.63) is 53.7 Å². The molecular formula is C13H11N3S. The zero-order valence-electron chi connectivity index (χ0n) is 9.13. The fourth-order valence-corrected chi connectivity index (χ4v) is 2.18. The van der Waals surface area contributed by atoms with Crippen LogP contribution in [0.2, 0.25) is 0 Å². The number of rotatable bonds is 3. The van der Waals surface area contributed by atoms with Gasteiger partial charge in [-0.2, -0.15) is 5.26 Å². The molecule has 0 radical (unpaired) electrons. The van der Waals surface area contributed by atoms with Crippen LogP contribution in [-0.2, 0) is 5.75 Å². The second-order valence-corrected chi connectivity index (χ2v) is 4.47. The van der Waals surface area contributed by atoms with Gasteiger partial charge < -0.3 is 5.73 Å². The summed E-state index contributed by atoms with van der Waals surface area (Å²) >= 11 is 1.59. The molecule has 0 saturated heterocycles. The van der Waals surface area contributed by atoms with Crippen molar-refractivity contribution in [3.63, 3.8) is 0 Å². The molecule has 0 aliphatic carbocycles. The van der Waals surface area contributed by atoms with Crippen molar-refractivity contribution in [2.45, 2.75) is 10.8 Å². The van der Waals surface area contributed by atoms with Gasteiger partial charge in [-0.3, -0.25) is 0 Å². The first-order chi connectivity index (χ1) is 8.29. The monoisotopic (exact) mass is 241 g/mol. The molecule has 3 nitrogen and oxygen atoms in total. The van der Waals surface area contributed by atoms with E-state index < -0.39 is 0 Å². The highest BCUT2D eigenvalue weighted by molar-refractivity contribution is 7.98. The third-order valence-electron chi connectivity index (χ3n) is 2.24. The van der Waals surface area contributed by atoms with Crippen LogP contribution in [-0.4, -0.2) is 4.98 Å². The number of nitriles is 1. The summed E-state index contributed by atoms with van der Waals surface area (Å²) in [6.07, 6.45) is 0. The first-order valence-corrected chi connectivity index (χ1v) is 6.11. The van der Waals surface area contributed by atoms with Gasteiger partial charge in [0.1, 0.15) is 6.07 Å². The predicted molar refractivity (Wildman–Crippen MR) is 69.4 cm³/mol. The van der Waals surface area contributed by atoms with Gasteiger partial charge in [0.05, 0.1) is 10.7 Å². The van der Waals surface area contributed by atoms with Crippen LogP contribution in [0.15, 0.2) is 47.5 Å². The molecule has 0 bridgehead atoms. The fraction of sp³-hybridized carbons (Fsp3) is 0.0769. The standard InChI is InChI=1S/C13H11N3S/c14-8-12-11(15)6-7-13(16-12)17-9-10-4-2-1-3-5-10/h1-7H,9,15H2. The molecule has 17 heavy (non-hydrogen) atoms. The van der Waals surface area contributed by atoms with Gasteiger partial charge in [0, 0.05) is 5.75 Å². The van der Waals surface area contributed by atoms with Crippen LogP contribution in [0.3, 0.4) is 0 Å². The van der Waals surface area contributed by atoms with Crippen LogP contribution >= 0.6 is 11.8 Å². The molecule has 0 saturated carbocycles. The number of benzene rings is 1. The summed E-state index contributed by atoms with van der Waals surface area (Å²) in [5.41, 5.74) is 7.57. The number of thioether (sulfide) groups is 1. The molecule has 0 aliphatic rings. The van der Waals surface area contributed by atoms with Crippen molar-refractivity contribution in [3.8, 4) is 6.07 Å². The van der Waals surface area contributed by atoms with E-state index in [9.17, 15) is 0 Å². The molecule has 0 atom stereocenters. The van der Waals surface area contributed by atoms with Crippen LogP contribution in [0.5, 0.6) is 0 Å². The summed E-state index contributed by atoms with van der Waals surface area (Å²) in [4.78, 5) is 4.18. The Kier molecular flexibility index (Phi) is 3.63. The van der Waals surface area contributed by atoms with E-state index in [2.05, 4.69) is 17.1 Å². The average molecular weight is 241 g/mol. The molecule has 0 fully saturated rings. The molecule has 4 heteroatoms. The Morgan fingerprint density at radius 3 is 2.65 bits per heavy atom. The van der Waals surface area contributed by atoms with Gasteiger partial charge in [-0.1, -0.05) is 30.3 Å². The molecule has 1 aromatic heterocycles. The summed E-state index contributed by atoms with van der Waals surface area (Å²) in [6, 6.07) is 15.7. The van der Waals surface area contributed by atoms with Gasteiger partial charge in [-0.15, -0.1) is 11.8 Å². The van der Waals surface area contributed by atoms with E-state index in [1.165, 1.54) is 5.56 Å². The molecule has 1 aromatic carbocycles. The number of nitrogens with zero attached hydrogens (tertiary/aromatic N) is 2. The third-order valence-corrected chi connectivity index (χ3v) is 3.24. The third kappa shape index (κ3) is 2.99. The fourth-order valence-electron chi connectivity index (χ4n) is 1.35. The molecule has 84 valence electrons. The van der Waals surface area contributed by atoms with E-state index in [-0.39, 0.29) is 0 Å². The van der Waals surface area contributed by atoms with E-state index in [1.807, 2.05) is 30.3 Å². The first-order valence-electron chi connectivity index (χ1n) is 5.13. The lowest BCUT2D eigenvalue weighted by Crippen LogP contribution is -1.94. The van der Waals surface area contributed by atoms with Crippen LogP contribution < -0.4 is 5.73 Å². The maximum Gasteiger partial charge on any atom is 0.164 e. The minimum Gasteiger partial charge on any atom is -0.396 e. The Hall–Kier alpha value is -1.99. The Balaban J connectivity index is 2.08. The number of hydrogen-bond donors (Lipinski definition) is 1. The highest BCUT2D eigenvalue weighted by atomic mass is 32.2. The Morgan fingerprint density at radius 2 is 1.94 bits per heavy atom. The predicted octanol–water partition coefficient (Wildman–Crippen LogP) is 2.83. The highest BCUT2D eigenvalue weighted by Gasteiger charge is 2.02. The molecule has 1 heterocycles. The summed E-state index contributed by atoms with van der Waals surface area (Å²) in [5.74, 6) is 0.836. The lowest BCUT2D eigenvalue weighted by Gasteiger charge is -2.02. The molecule has 2 N–H and O–H groups in total. The van der Waals surface area contributed by atoms with Crippen LogP contribution in [0.25, 0.3) is 0 Å². The quantitative estimate of drug-likeness (QED) is 0.839. The van der Waals surface area contributed by atoms with Gasteiger partial charge in [-0.05, 0) is 17.7 Å². The molecule has 0 spiro atoms. The van der Waals surface area contributed by atoms with Crippen LogP contribution in [0.4, 0.5) is 5.69 Å². The van der Waals surface area contributed by atoms with Crippen molar-refractivity contribution < 1.29 is 0 Å². The zero-order valence-corrected chi connectivity index (χ0v) is 9.95. The summed E-state index contributed by atoms with van der Waals surface area (Å²) in [5, 5.41) is 9.65. The van der Waals surface area contributed by atoms with E-state index in [4.69, 9.17) is 11.0 Å². The molecule has 2 rings (SSSR count). The molecule has 0 aliphatic heterocycles. The van der Waals surface area contributed by atoms with E-state index >= 15 is 0 Å². The van der Waals surface area contributed by atoms with E-state index in [1.54, 1.807) is 17.8 Å². The van der Waals surface area contributed by atoms with Gasteiger partial charge in [0.25, 0.3) is 0 Å². The lowest BCUT2D eigenvalue weighted by atomic mass is 10.2. The Labute approximate surface area is 104 Å². The summed E-state index contributed by atoms with van der Waals surface area (Å²) in [6.45, 7) is 0. The normalized spacial score (nSPS) is 9.82. The number of nitrogens with two attached hydrogens (primary N) is 1. The summed E-state index contributed by atoms with van der Waals surface area (Å²) < 4.78 is 0. The Morgan fingerprint density at radius 1 is 1.18 bits per heavy atom. The highest BCUT2D eigenvalue weighted by Crippen LogP contribution is 2.22.